The number of benzene rings is 1. The Morgan fingerprint density at radius 1 is 1.35 bits per heavy atom. The van der Waals surface area contributed by atoms with E-state index in [0.717, 1.165) is 52.1 Å². The standard InChI is InChI=1S/C17H19N3O2S/c1-3-21-13-8-6-12(7-9-13)15-11(2)20-17(18-15)23-16(19-20)14-5-4-10-22-14/h6-9,14H,3-5,10H2,1-2H3. The van der Waals surface area contributed by atoms with Gasteiger partial charge < -0.3 is 9.47 Å². The molecule has 3 aromatic rings. The SMILES string of the molecule is CCOc1ccc(-c2nc3sc(C4CCCO4)nn3c2C)cc1. The Kier molecular flexibility index (Phi) is 3.79. The van der Waals surface area contributed by atoms with E-state index >= 15 is 0 Å². The molecule has 1 unspecified atom stereocenters. The molecule has 0 N–H and O–H groups in total. The fourth-order valence-electron chi connectivity index (χ4n) is 2.92. The molecule has 1 aliphatic rings. The van der Waals surface area contributed by atoms with E-state index in [4.69, 9.17) is 19.6 Å². The maximum Gasteiger partial charge on any atom is 0.213 e. The Morgan fingerprint density at radius 2 is 2.17 bits per heavy atom. The van der Waals surface area contributed by atoms with Crippen molar-refractivity contribution >= 4 is 16.3 Å². The number of rotatable bonds is 4. The minimum absolute atomic E-state index is 0.148. The number of imidazole rings is 1. The maximum absolute atomic E-state index is 5.72. The summed E-state index contributed by atoms with van der Waals surface area (Å²) in [5, 5.41) is 5.74. The molecule has 0 spiro atoms. The van der Waals surface area contributed by atoms with E-state index in [9.17, 15) is 0 Å². The quantitative estimate of drug-likeness (QED) is 0.725. The van der Waals surface area contributed by atoms with Gasteiger partial charge in [0.15, 0.2) is 0 Å². The third-order valence-corrected chi connectivity index (χ3v) is 5.09. The molecule has 4 rings (SSSR count). The van der Waals surface area contributed by atoms with Gasteiger partial charge in [-0.05, 0) is 51.0 Å². The zero-order valence-corrected chi connectivity index (χ0v) is 14.1. The van der Waals surface area contributed by atoms with E-state index in [1.54, 1.807) is 11.3 Å². The number of hydrogen-bond acceptors (Lipinski definition) is 5. The number of hydrogen-bond donors (Lipinski definition) is 0. The third-order valence-electron chi connectivity index (χ3n) is 4.09. The first-order valence-corrected chi connectivity index (χ1v) is 8.79. The molecule has 1 atom stereocenters. The molecule has 120 valence electrons. The topological polar surface area (TPSA) is 48.7 Å². The predicted octanol–water partition coefficient (Wildman–Crippen LogP) is 4.02. The molecule has 5 nitrogen and oxygen atoms in total. The van der Waals surface area contributed by atoms with Crippen molar-refractivity contribution in [2.45, 2.75) is 32.8 Å². The predicted molar refractivity (Wildman–Crippen MR) is 90.1 cm³/mol. The van der Waals surface area contributed by atoms with E-state index in [1.165, 1.54) is 0 Å². The van der Waals surface area contributed by atoms with E-state index in [-0.39, 0.29) is 6.10 Å². The van der Waals surface area contributed by atoms with E-state index < -0.39 is 0 Å². The lowest BCUT2D eigenvalue weighted by Gasteiger charge is -2.05. The Labute approximate surface area is 138 Å². The van der Waals surface area contributed by atoms with Crippen LogP contribution in [0.25, 0.3) is 16.2 Å². The van der Waals surface area contributed by atoms with Gasteiger partial charge in [-0.3, -0.25) is 0 Å². The Morgan fingerprint density at radius 3 is 2.83 bits per heavy atom. The van der Waals surface area contributed by atoms with Crippen molar-refractivity contribution in [3.05, 3.63) is 35.0 Å². The van der Waals surface area contributed by atoms with Gasteiger partial charge in [0, 0.05) is 12.2 Å². The van der Waals surface area contributed by atoms with Crippen molar-refractivity contribution in [2.75, 3.05) is 13.2 Å². The molecule has 0 radical (unpaired) electrons. The van der Waals surface area contributed by atoms with Crippen molar-refractivity contribution in [3.8, 4) is 17.0 Å². The van der Waals surface area contributed by atoms with Gasteiger partial charge in [0.25, 0.3) is 0 Å². The summed E-state index contributed by atoms with van der Waals surface area (Å²) in [5.74, 6) is 0.883. The van der Waals surface area contributed by atoms with Crippen LogP contribution in [0.3, 0.4) is 0 Å². The van der Waals surface area contributed by atoms with Crippen LogP contribution in [0.5, 0.6) is 5.75 Å². The highest BCUT2D eigenvalue weighted by atomic mass is 32.1. The molecular weight excluding hydrogens is 310 g/mol. The maximum atomic E-state index is 5.72. The molecule has 1 aromatic carbocycles. The summed E-state index contributed by atoms with van der Waals surface area (Å²) >= 11 is 1.63. The highest BCUT2D eigenvalue weighted by Crippen LogP contribution is 2.34. The zero-order valence-electron chi connectivity index (χ0n) is 13.3. The molecule has 6 heteroatoms. The van der Waals surface area contributed by atoms with Crippen LogP contribution in [-0.2, 0) is 4.74 Å². The summed E-state index contributed by atoms with van der Waals surface area (Å²) in [6.45, 7) is 5.56. The fraction of sp³-hybridized carbons (Fsp3) is 0.412. The molecule has 1 fully saturated rings. The van der Waals surface area contributed by atoms with Gasteiger partial charge in [0.05, 0.1) is 18.0 Å². The van der Waals surface area contributed by atoms with Crippen LogP contribution in [0.4, 0.5) is 0 Å². The lowest BCUT2D eigenvalue weighted by atomic mass is 10.1. The third kappa shape index (κ3) is 2.62. The minimum Gasteiger partial charge on any atom is -0.494 e. The summed E-state index contributed by atoms with van der Waals surface area (Å²) < 4.78 is 13.2. The van der Waals surface area contributed by atoms with Gasteiger partial charge in [-0.25, -0.2) is 9.50 Å². The van der Waals surface area contributed by atoms with Gasteiger partial charge in [-0.2, -0.15) is 5.10 Å². The van der Waals surface area contributed by atoms with Crippen LogP contribution in [0.2, 0.25) is 0 Å². The largest absolute Gasteiger partial charge is 0.494 e. The Hall–Kier alpha value is -1.92. The first kappa shape index (κ1) is 14.7. The van der Waals surface area contributed by atoms with Crippen molar-refractivity contribution in [2.24, 2.45) is 0 Å². The number of aromatic nitrogens is 3. The van der Waals surface area contributed by atoms with Crippen LogP contribution in [0.1, 0.15) is 36.6 Å². The number of fused-ring (bicyclic) bond motifs is 1. The summed E-state index contributed by atoms with van der Waals surface area (Å²) in [6.07, 6.45) is 2.32. The smallest absolute Gasteiger partial charge is 0.213 e. The molecule has 0 aliphatic carbocycles. The molecular formula is C17H19N3O2S. The van der Waals surface area contributed by atoms with Gasteiger partial charge in [0.1, 0.15) is 16.9 Å². The molecule has 1 aliphatic heterocycles. The van der Waals surface area contributed by atoms with Gasteiger partial charge in [-0.15, -0.1) is 0 Å². The molecule has 23 heavy (non-hydrogen) atoms. The monoisotopic (exact) mass is 329 g/mol. The Bertz CT molecular complexity index is 816. The molecule has 0 amide bonds. The average Bonchev–Trinajstić information content (AvgIpc) is 3.26. The zero-order chi connectivity index (χ0) is 15.8. The molecule has 0 bridgehead atoms. The highest BCUT2D eigenvalue weighted by molar-refractivity contribution is 7.16. The van der Waals surface area contributed by atoms with Crippen molar-refractivity contribution in [1.82, 2.24) is 14.6 Å². The molecule has 0 saturated carbocycles. The van der Waals surface area contributed by atoms with Crippen LogP contribution >= 0.6 is 11.3 Å². The Balaban J connectivity index is 1.67. The lowest BCUT2D eigenvalue weighted by Crippen LogP contribution is -1.97. The average molecular weight is 329 g/mol. The first-order valence-electron chi connectivity index (χ1n) is 7.97. The van der Waals surface area contributed by atoms with Crippen molar-refractivity contribution in [3.63, 3.8) is 0 Å². The summed E-state index contributed by atoms with van der Waals surface area (Å²) in [4.78, 5) is 5.70. The van der Waals surface area contributed by atoms with Crippen LogP contribution in [-0.4, -0.2) is 27.8 Å². The lowest BCUT2D eigenvalue weighted by molar-refractivity contribution is 0.111. The number of nitrogens with zero attached hydrogens (tertiary/aromatic N) is 3. The van der Waals surface area contributed by atoms with Crippen molar-refractivity contribution in [1.29, 1.82) is 0 Å². The second-order valence-corrected chi connectivity index (χ2v) is 6.63. The number of ether oxygens (including phenoxy) is 2. The minimum atomic E-state index is 0.148. The van der Waals surface area contributed by atoms with Crippen LogP contribution in [0.15, 0.2) is 24.3 Å². The molecule has 2 aromatic heterocycles. The molecule has 3 heterocycles. The van der Waals surface area contributed by atoms with Crippen molar-refractivity contribution < 1.29 is 9.47 Å². The first-order chi connectivity index (χ1) is 11.3. The van der Waals surface area contributed by atoms with Gasteiger partial charge in [-0.1, -0.05) is 11.3 Å². The second kappa shape index (κ2) is 5.94. The van der Waals surface area contributed by atoms with E-state index in [0.29, 0.717) is 6.61 Å². The van der Waals surface area contributed by atoms with Crippen LogP contribution < -0.4 is 4.74 Å². The van der Waals surface area contributed by atoms with E-state index in [1.807, 2.05) is 35.7 Å². The summed E-state index contributed by atoms with van der Waals surface area (Å²) in [7, 11) is 0. The van der Waals surface area contributed by atoms with Gasteiger partial charge in [0.2, 0.25) is 4.96 Å². The van der Waals surface area contributed by atoms with E-state index in [2.05, 4.69) is 6.92 Å². The second-order valence-electron chi connectivity index (χ2n) is 5.64. The fourth-order valence-corrected chi connectivity index (χ4v) is 3.94. The number of aryl methyl sites for hydroxylation is 1. The van der Waals surface area contributed by atoms with Crippen LogP contribution in [0, 0.1) is 6.92 Å². The normalized spacial score (nSPS) is 17.9. The summed E-state index contributed by atoms with van der Waals surface area (Å²) in [5.41, 5.74) is 3.12. The molecule has 1 saturated heterocycles. The summed E-state index contributed by atoms with van der Waals surface area (Å²) in [6, 6.07) is 8.06. The highest BCUT2D eigenvalue weighted by Gasteiger charge is 2.23. The van der Waals surface area contributed by atoms with Gasteiger partial charge >= 0.3 is 0 Å².